The van der Waals surface area contributed by atoms with Crippen LogP contribution in [0.3, 0.4) is 0 Å². The molecule has 1 aromatic heterocycles. The van der Waals surface area contributed by atoms with E-state index in [0.29, 0.717) is 29.0 Å². The maximum atomic E-state index is 14.4. The molecule has 1 fully saturated rings. The minimum atomic E-state index is -0.918. The van der Waals surface area contributed by atoms with E-state index in [1.807, 2.05) is 0 Å². The molecule has 206 valence electrons. The SMILES string of the molecule is COc1cccc(OC)c1-n1c(Cc2ccc(F)cc2)nc(=O)c(C(=O)N2CCC(c3ccccc3F)C2)c1O. The Kier molecular flexibility index (Phi) is 7.50. The second-order valence-corrected chi connectivity index (χ2v) is 9.44. The van der Waals surface area contributed by atoms with E-state index in [1.54, 1.807) is 36.4 Å². The number of para-hydroxylation sites is 1. The van der Waals surface area contributed by atoms with Crippen molar-refractivity contribution in [1.29, 1.82) is 0 Å². The monoisotopic (exact) mass is 547 g/mol. The predicted octanol–water partition coefficient (Wildman–Crippen LogP) is 4.45. The average Bonchev–Trinajstić information content (AvgIpc) is 3.44. The number of hydrogen-bond acceptors (Lipinski definition) is 6. The maximum Gasteiger partial charge on any atom is 0.289 e. The molecule has 1 saturated heterocycles. The van der Waals surface area contributed by atoms with Crippen LogP contribution < -0.4 is 15.0 Å². The minimum absolute atomic E-state index is 0.0256. The molecular formula is C30H27F2N3O5. The van der Waals surface area contributed by atoms with Crippen LogP contribution in [0.25, 0.3) is 5.69 Å². The third kappa shape index (κ3) is 5.00. The molecule has 1 N–H and O–H groups in total. The number of rotatable bonds is 7. The van der Waals surface area contributed by atoms with Crippen molar-refractivity contribution >= 4 is 5.91 Å². The number of halogens is 2. The van der Waals surface area contributed by atoms with Crippen LogP contribution in [-0.2, 0) is 6.42 Å². The number of aromatic nitrogens is 2. The summed E-state index contributed by atoms with van der Waals surface area (Å²) >= 11 is 0. The molecule has 1 atom stereocenters. The first-order chi connectivity index (χ1) is 19.3. The Morgan fingerprint density at radius 2 is 1.68 bits per heavy atom. The number of amides is 1. The van der Waals surface area contributed by atoms with Crippen LogP contribution >= 0.6 is 0 Å². The number of nitrogens with zero attached hydrogens (tertiary/aromatic N) is 3. The molecule has 2 heterocycles. The van der Waals surface area contributed by atoms with Crippen LogP contribution in [0.1, 0.15) is 39.6 Å². The zero-order valence-corrected chi connectivity index (χ0v) is 21.9. The van der Waals surface area contributed by atoms with E-state index < -0.39 is 28.7 Å². The second kappa shape index (κ2) is 11.2. The van der Waals surface area contributed by atoms with Crippen molar-refractivity contribution in [1.82, 2.24) is 14.5 Å². The number of aromatic hydroxyl groups is 1. The van der Waals surface area contributed by atoms with E-state index in [4.69, 9.17) is 9.47 Å². The van der Waals surface area contributed by atoms with Crippen molar-refractivity contribution in [3.05, 3.63) is 111 Å². The van der Waals surface area contributed by atoms with E-state index in [-0.39, 0.29) is 42.8 Å². The quantitative estimate of drug-likeness (QED) is 0.368. The normalized spacial score (nSPS) is 14.8. The third-order valence-electron chi connectivity index (χ3n) is 7.07. The highest BCUT2D eigenvalue weighted by atomic mass is 19.1. The van der Waals surface area contributed by atoms with Gasteiger partial charge in [-0.25, -0.2) is 8.78 Å². The first-order valence-electron chi connectivity index (χ1n) is 12.7. The molecule has 1 aliphatic rings. The van der Waals surface area contributed by atoms with E-state index in [1.165, 1.54) is 54.0 Å². The van der Waals surface area contributed by atoms with Gasteiger partial charge in [0.15, 0.2) is 5.56 Å². The van der Waals surface area contributed by atoms with Crippen molar-refractivity contribution in [3.63, 3.8) is 0 Å². The Morgan fingerprint density at radius 1 is 1.00 bits per heavy atom. The van der Waals surface area contributed by atoms with Crippen LogP contribution in [-0.4, -0.2) is 52.8 Å². The number of hydrogen-bond donors (Lipinski definition) is 1. The van der Waals surface area contributed by atoms with Gasteiger partial charge in [0.05, 0.1) is 14.2 Å². The highest BCUT2D eigenvalue weighted by Gasteiger charge is 2.34. The van der Waals surface area contributed by atoms with Gasteiger partial charge in [-0.05, 0) is 47.9 Å². The predicted molar refractivity (Wildman–Crippen MR) is 143 cm³/mol. The zero-order valence-electron chi connectivity index (χ0n) is 21.9. The Morgan fingerprint density at radius 3 is 2.33 bits per heavy atom. The first kappa shape index (κ1) is 26.9. The number of likely N-dealkylation sites (tertiary alicyclic amines) is 1. The van der Waals surface area contributed by atoms with Crippen LogP contribution in [0.4, 0.5) is 8.78 Å². The number of carbonyl (C=O) groups is 1. The number of benzene rings is 3. The highest BCUT2D eigenvalue weighted by molar-refractivity contribution is 5.96. The highest BCUT2D eigenvalue weighted by Crippen LogP contribution is 2.37. The summed E-state index contributed by atoms with van der Waals surface area (Å²) < 4.78 is 40.2. The molecule has 1 aliphatic heterocycles. The van der Waals surface area contributed by atoms with Gasteiger partial charge in [-0.15, -0.1) is 0 Å². The van der Waals surface area contributed by atoms with Gasteiger partial charge < -0.3 is 19.5 Å². The van der Waals surface area contributed by atoms with Gasteiger partial charge >= 0.3 is 0 Å². The maximum absolute atomic E-state index is 14.4. The Labute approximate surface area is 229 Å². The number of methoxy groups -OCH3 is 2. The summed E-state index contributed by atoms with van der Waals surface area (Å²) in [7, 11) is 2.87. The fraction of sp³-hybridized carbons (Fsp3) is 0.233. The van der Waals surface area contributed by atoms with Crippen LogP contribution in [0, 0.1) is 11.6 Å². The van der Waals surface area contributed by atoms with Gasteiger partial charge in [0.25, 0.3) is 11.5 Å². The van der Waals surface area contributed by atoms with Gasteiger partial charge in [0, 0.05) is 25.4 Å². The average molecular weight is 548 g/mol. The smallest absolute Gasteiger partial charge is 0.289 e. The second-order valence-electron chi connectivity index (χ2n) is 9.44. The molecule has 0 spiro atoms. The molecule has 4 aromatic rings. The largest absolute Gasteiger partial charge is 0.494 e. The lowest BCUT2D eigenvalue weighted by molar-refractivity contribution is 0.0784. The van der Waals surface area contributed by atoms with Gasteiger partial charge in [-0.1, -0.05) is 36.4 Å². The Bertz CT molecular complexity index is 1600. The lowest BCUT2D eigenvalue weighted by atomic mass is 9.98. The summed E-state index contributed by atoms with van der Waals surface area (Å²) in [6.45, 7) is 0.444. The number of ether oxygens (including phenoxy) is 2. The Hall–Kier alpha value is -4.73. The zero-order chi connectivity index (χ0) is 28.4. The van der Waals surface area contributed by atoms with E-state index in [9.17, 15) is 23.5 Å². The van der Waals surface area contributed by atoms with Crippen LogP contribution in [0.15, 0.2) is 71.5 Å². The molecule has 1 unspecified atom stereocenters. The van der Waals surface area contributed by atoms with Gasteiger partial charge in [-0.3, -0.25) is 14.2 Å². The van der Waals surface area contributed by atoms with Crippen molar-refractivity contribution in [2.45, 2.75) is 18.8 Å². The van der Waals surface area contributed by atoms with Gasteiger partial charge in [0.2, 0.25) is 5.88 Å². The molecule has 5 rings (SSSR count). The lowest BCUT2D eigenvalue weighted by Gasteiger charge is -2.22. The summed E-state index contributed by atoms with van der Waals surface area (Å²) in [5.74, 6) is -1.73. The van der Waals surface area contributed by atoms with Gasteiger partial charge in [0.1, 0.15) is 34.6 Å². The van der Waals surface area contributed by atoms with E-state index in [0.717, 1.165) is 0 Å². The fourth-order valence-electron chi connectivity index (χ4n) is 5.09. The standard InChI is InChI=1S/C30H27F2N3O5/c1-39-23-8-5-9-24(40-2)27(23)35-25(16-18-10-12-20(31)13-11-18)33-28(36)26(30(35)38)29(37)34-15-14-19(17-34)21-6-3-4-7-22(21)32/h3-13,19,38H,14-17H2,1-2H3. The topological polar surface area (TPSA) is 93.9 Å². The summed E-state index contributed by atoms with van der Waals surface area (Å²) in [5, 5.41) is 11.6. The molecule has 0 radical (unpaired) electrons. The van der Waals surface area contributed by atoms with Crippen molar-refractivity contribution in [3.8, 4) is 23.1 Å². The summed E-state index contributed by atoms with van der Waals surface area (Å²) in [6, 6.07) is 17.0. The van der Waals surface area contributed by atoms with Gasteiger partial charge in [-0.2, -0.15) is 4.98 Å². The van der Waals surface area contributed by atoms with Crippen molar-refractivity contribution in [2.24, 2.45) is 0 Å². The minimum Gasteiger partial charge on any atom is -0.494 e. The van der Waals surface area contributed by atoms with Crippen molar-refractivity contribution < 1.29 is 28.2 Å². The first-order valence-corrected chi connectivity index (χ1v) is 12.7. The fourth-order valence-corrected chi connectivity index (χ4v) is 5.09. The summed E-state index contributed by atoms with van der Waals surface area (Å²) in [5.41, 5.74) is -0.106. The summed E-state index contributed by atoms with van der Waals surface area (Å²) in [4.78, 5) is 32.6. The summed E-state index contributed by atoms with van der Waals surface area (Å²) in [6.07, 6.45) is 0.524. The molecule has 0 bridgehead atoms. The molecule has 40 heavy (non-hydrogen) atoms. The van der Waals surface area contributed by atoms with Crippen LogP contribution in [0.2, 0.25) is 0 Å². The molecular weight excluding hydrogens is 520 g/mol. The molecule has 0 saturated carbocycles. The third-order valence-corrected chi connectivity index (χ3v) is 7.07. The van der Waals surface area contributed by atoms with Crippen LogP contribution in [0.5, 0.6) is 17.4 Å². The molecule has 8 nitrogen and oxygen atoms in total. The molecule has 10 heteroatoms. The molecule has 1 amide bonds. The Balaban J connectivity index is 1.62. The van der Waals surface area contributed by atoms with E-state index in [2.05, 4.69) is 4.98 Å². The molecule has 3 aromatic carbocycles. The van der Waals surface area contributed by atoms with E-state index >= 15 is 0 Å². The van der Waals surface area contributed by atoms with Crippen molar-refractivity contribution in [2.75, 3.05) is 27.3 Å². The number of carbonyl (C=O) groups excluding carboxylic acids is 1. The lowest BCUT2D eigenvalue weighted by Crippen LogP contribution is -2.35. The molecule has 0 aliphatic carbocycles.